The number of hydrogen-bond donors (Lipinski definition) is 1. The third kappa shape index (κ3) is 2.35. The zero-order chi connectivity index (χ0) is 10.8. The Balaban J connectivity index is 2.33. The number of hydrogen-bond acceptors (Lipinski definition) is 3. The van der Waals surface area contributed by atoms with Crippen molar-refractivity contribution in [2.75, 3.05) is 0 Å². The minimum Gasteiger partial charge on any atom is -0.261 e. The van der Waals surface area contributed by atoms with E-state index in [9.17, 15) is 0 Å². The molecular formula is C9H8BrClN4. The first kappa shape index (κ1) is 10.6. The highest BCUT2D eigenvalue weighted by Gasteiger charge is 2.10. The summed E-state index contributed by atoms with van der Waals surface area (Å²) in [5.74, 6) is 1.21. The second kappa shape index (κ2) is 4.28. The molecule has 0 aliphatic rings. The molecule has 0 spiro atoms. The van der Waals surface area contributed by atoms with Crippen molar-refractivity contribution in [2.45, 2.75) is 12.3 Å². The maximum Gasteiger partial charge on any atom is 0.199 e. The van der Waals surface area contributed by atoms with Gasteiger partial charge in [-0.3, -0.25) is 10.1 Å². The van der Waals surface area contributed by atoms with E-state index in [2.05, 4.69) is 36.1 Å². The molecule has 2 aromatic rings. The van der Waals surface area contributed by atoms with E-state index in [1.54, 1.807) is 6.20 Å². The number of nitrogens with zero attached hydrogens (tertiary/aromatic N) is 3. The van der Waals surface area contributed by atoms with Crippen LogP contribution in [0.4, 0.5) is 0 Å². The molecule has 2 heterocycles. The fourth-order valence-corrected chi connectivity index (χ4v) is 1.41. The molecule has 4 nitrogen and oxygen atoms in total. The molecule has 78 valence electrons. The molecule has 2 rings (SSSR count). The SMILES string of the molecule is CC(Cl)c1nc(-c2ccc(Br)cn2)n[nH]1. The summed E-state index contributed by atoms with van der Waals surface area (Å²) in [6.45, 7) is 1.83. The molecule has 2 aromatic heterocycles. The summed E-state index contributed by atoms with van der Waals surface area (Å²) in [7, 11) is 0. The van der Waals surface area contributed by atoms with Crippen LogP contribution >= 0.6 is 27.5 Å². The van der Waals surface area contributed by atoms with Gasteiger partial charge in [-0.05, 0) is 35.0 Å². The molecule has 0 amide bonds. The number of alkyl halides is 1. The summed E-state index contributed by atoms with van der Waals surface area (Å²) in [6, 6.07) is 3.73. The molecule has 0 fully saturated rings. The summed E-state index contributed by atoms with van der Waals surface area (Å²) in [6.07, 6.45) is 1.70. The summed E-state index contributed by atoms with van der Waals surface area (Å²) >= 11 is 9.18. The van der Waals surface area contributed by atoms with Crippen molar-refractivity contribution in [2.24, 2.45) is 0 Å². The Kier molecular flexibility index (Phi) is 3.02. The third-order valence-electron chi connectivity index (χ3n) is 1.84. The van der Waals surface area contributed by atoms with Gasteiger partial charge in [-0.25, -0.2) is 4.98 Å². The molecule has 15 heavy (non-hydrogen) atoms. The van der Waals surface area contributed by atoms with Crippen LogP contribution in [-0.2, 0) is 0 Å². The Morgan fingerprint density at radius 1 is 1.47 bits per heavy atom. The van der Waals surface area contributed by atoms with E-state index in [0.29, 0.717) is 11.6 Å². The number of nitrogens with one attached hydrogen (secondary N) is 1. The molecule has 1 unspecified atom stereocenters. The van der Waals surface area contributed by atoms with Crippen molar-refractivity contribution in [1.82, 2.24) is 20.2 Å². The van der Waals surface area contributed by atoms with Gasteiger partial charge in [-0.2, -0.15) is 5.10 Å². The first-order chi connectivity index (χ1) is 7.16. The predicted octanol–water partition coefficient (Wildman–Crippen LogP) is 2.93. The van der Waals surface area contributed by atoms with E-state index in [0.717, 1.165) is 10.2 Å². The van der Waals surface area contributed by atoms with Crippen LogP contribution in [0.3, 0.4) is 0 Å². The number of halogens is 2. The summed E-state index contributed by atoms with van der Waals surface area (Å²) < 4.78 is 0.924. The second-order valence-electron chi connectivity index (χ2n) is 3.02. The summed E-state index contributed by atoms with van der Waals surface area (Å²) in [4.78, 5) is 8.42. The lowest BCUT2D eigenvalue weighted by Crippen LogP contribution is -1.87. The zero-order valence-electron chi connectivity index (χ0n) is 7.91. The highest BCUT2D eigenvalue weighted by atomic mass is 79.9. The van der Waals surface area contributed by atoms with Crippen molar-refractivity contribution in [1.29, 1.82) is 0 Å². The topological polar surface area (TPSA) is 54.5 Å². The van der Waals surface area contributed by atoms with Gasteiger partial charge in [-0.1, -0.05) is 0 Å². The van der Waals surface area contributed by atoms with Crippen molar-refractivity contribution in [3.8, 4) is 11.5 Å². The lowest BCUT2D eigenvalue weighted by Gasteiger charge is -1.94. The van der Waals surface area contributed by atoms with Crippen LogP contribution in [0.1, 0.15) is 18.1 Å². The Morgan fingerprint density at radius 2 is 2.27 bits per heavy atom. The minimum atomic E-state index is -0.179. The van der Waals surface area contributed by atoms with Crippen molar-refractivity contribution in [3.05, 3.63) is 28.6 Å². The molecule has 1 N–H and O–H groups in total. The summed E-state index contributed by atoms with van der Waals surface area (Å²) in [5.41, 5.74) is 0.720. The van der Waals surface area contributed by atoms with Gasteiger partial charge in [0.2, 0.25) is 0 Å². The third-order valence-corrected chi connectivity index (χ3v) is 2.51. The maximum absolute atomic E-state index is 5.87. The van der Waals surface area contributed by atoms with Crippen LogP contribution in [0, 0.1) is 0 Å². The molecule has 0 saturated heterocycles. The maximum atomic E-state index is 5.87. The fourth-order valence-electron chi connectivity index (χ4n) is 1.07. The van der Waals surface area contributed by atoms with Gasteiger partial charge in [0.05, 0.1) is 5.38 Å². The quantitative estimate of drug-likeness (QED) is 0.864. The number of aromatic nitrogens is 4. The first-order valence-corrected chi connectivity index (χ1v) is 5.58. The number of aromatic amines is 1. The van der Waals surface area contributed by atoms with Gasteiger partial charge in [0.1, 0.15) is 11.5 Å². The van der Waals surface area contributed by atoms with E-state index in [1.807, 2.05) is 19.1 Å². The normalized spacial score (nSPS) is 12.7. The smallest absolute Gasteiger partial charge is 0.199 e. The molecule has 6 heteroatoms. The lowest BCUT2D eigenvalue weighted by atomic mass is 10.3. The molecule has 0 saturated carbocycles. The van der Waals surface area contributed by atoms with E-state index in [1.165, 1.54) is 0 Å². The van der Waals surface area contributed by atoms with Gasteiger partial charge in [0, 0.05) is 10.7 Å². The molecule has 0 aliphatic carbocycles. The minimum absolute atomic E-state index is 0.179. The molecule has 0 aromatic carbocycles. The van der Waals surface area contributed by atoms with Crippen LogP contribution in [0.15, 0.2) is 22.8 Å². The molecular weight excluding hydrogens is 279 g/mol. The first-order valence-electron chi connectivity index (χ1n) is 4.35. The van der Waals surface area contributed by atoms with E-state index < -0.39 is 0 Å². The average Bonchev–Trinajstić information content (AvgIpc) is 2.68. The van der Waals surface area contributed by atoms with E-state index >= 15 is 0 Å². The molecule has 1 atom stereocenters. The van der Waals surface area contributed by atoms with Crippen molar-refractivity contribution in [3.63, 3.8) is 0 Å². The van der Waals surface area contributed by atoms with Gasteiger partial charge in [-0.15, -0.1) is 11.6 Å². The van der Waals surface area contributed by atoms with Crippen LogP contribution in [0.2, 0.25) is 0 Å². The second-order valence-corrected chi connectivity index (χ2v) is 4.59. The van der Waals surface area contributed by atoms with Crippen LogP contribution < -0.4 is 0 Å². The standard InChI is InChI=1S/C9H8BrClN4/c1-5(11)8-13-9(15-14-8)7-3-2-6(10)4-12-7/h2-5H,1H3,(H,13,14,15). The fraction of sp³-hybridized carbons (Fsp3) is 0.222. The Morgan fingerprint density at radius 3 is 2.80 bits per heavy atom. The van der Waals surface area contributed by atoms with Gasteiger partial charge >= 0.3 is 0 Å². The molecule has 0 bridgehead atoms. The van der Waals surface area contributed by atoms with Crippen molar-refractivity contribution < 1.29 is 0 Å². The number of pyridine rings is 1. The van der Waals surface area contributed by atoms with Crippen LogP contribution in [0.5, 0.6) is 0 Å². The predicted molar refractivity (Wildman–Crippen MR) is 61.6 cm³/mol. The van der Waals surface area contributed by atoms with Gasteiger partial charge in [0.25, 0.3) is 0 Å². The van der Waals surface area contributed by atoms with Gasteiger partial charge < -0.3 is 0 Å². The largest absolute Gasteiger partial charge is 0.261 e. The van der Waals surface area contributed by atoms with E-state index in [4.69, 9.17) is 11.6 Å². The van der Waals surface area contributed by atoms with E-state index in [-0.39, 0.29) is 5.38 Å². The van der Waals surface area contributed by atoms with Crippen molar-refractivity contribution >= 4 is 27.5 Å². The monoisotopic (exact) mass is 286 g/mol. The van der Waals surface area contributed by atoms with Crippen LogP contribution in [0.25, 0.3) is 11.5 Å². The highest BCUT2D eigenvalue weighted by Crippen LogP contribution is 2.19. The molecule has 0 radical (unpaired) electrons. The highest BCUT2D eigenvalue weighted by molar-refractivity contribution is 9.10. The Labute approximate surface area is 100 Å². The zero-order valence-corrected chi connectivity index (χ0v) is 10.2. The Hall–Kier alpha value is -0.940. The molecule has 0 aliphatic heterocycles. The lowest BCUT2D eigenvalue weighted by molar-refractivity contribution is 0.918. The number of H-pyrrole nitrogens is 1. The summed E-state index contributed by atoms with van der Waals surface area (Å²) in [5, 5.41) is 6.63. The number of rotatable bonds is 2. The Bertz CT molecular complexity index is 451. The average molecular weight is 288 g/mol. The van der Waals surface area contributed by atoms with Crippen LogP contribution in [-0.4, -0.2) is 20.2 Å². The van der Waals surface area contributed by atoms with Gasteiger partial charge in [0.15, 0.2) is 5.82 Å².